The summed E-state index contributed by atoms with van der Waals surface area (Å²) in [6.07, 6.45) is 3.41. The summed E-state index contributed by atoms with van der Waals surface area (Å²) in [5, 5.41) is 11.5. The third-order valence-corrected chi connectivity index (χ3v) is 4.54. The Balaban J connectivity index is 1.81. The standard InChI is InChI=1S/C20H17N5O/c1-13-7-16(8-14(2)23-13)24-12-17(9-21)25(20(24)26)19-11-22-10-15-5-3-4-6-18(15)19/h3-8,10-11,17H,12H2,1-2H3. The SMILES string of the molecule is Cc1cc(N2CC(C#N)N(c3cncc4ccccc34)C2=O)cc(C)n1. The fourth-order valence-electron chi connectivity index (χ4n) is 3.44. The summed E-state index contributed by atoms with van der Waals surface area (Å²) in [5.41, 5.74) is 3.10. The molecule has 6 heteroatoms. The van der Waals surface area contributed by atoms with Crippen LogP contribution in [0.3, 0.4) is 0 Å². The summed E-state index contributed by atoms with van der Waals surface area (Å²) in [5.74, 6) is 0. The van der Waals surface area contributed by atoms with E-state index in [1.807, 2.05) is 50.2 Å². The minimum atomic E-state index is -0.580. The molecular formula is C20H17N5O. The topological polar surface area (TPSA) is 73.1 Å². The molecule has 3 aromatic rings. The van der Waals surface area contributed by atoms with E-state index in [9.17, 15) is 10.1 Å². The van der Waals surface area contributed by atoms with Gasteiger partial charge in [-0.2, -0.15) is 5.26 Å². The fraction of sp³-hybridized carbons (Fsp3) is 0.200. The molecule has 2 amide bonds. The molecule has 3 heterocycles. The van der Waals surface area contributed by atoms with Crippen molar-refractivity contribution in [1.29, 1.82) is 5.26 Å². The number of carbonyl (C=O) groups excluding carboxylic acids is 1. The van der Waals surface area contributed by atoms with Crippen molar-refractivity contribution < 1.29 is 4.79 Å². The molecule has 0 aliphatic carbocycles. The monoisotopic (exact) mass is 343 g/mol. The van der Waals surface area contributed by atoms with Gasteiger partial charge >= 0.3 is 6.03 Å². The van der Waals surface area contributed by atoms with Crippen LogP contribution in [0.4, 0.5) is 16.2 Å². The molecule has 0 bridgehead atoms. The minimum Gasteiger partial charge on any atom is -0.291 e. The number of aromatic nitrogens is 2. The number of aryl methyl sites for hydroxylation is 2. The third-order valence-electron chi connectivity index (χ3n) is 4.54. The first kappa shape index (κ1) is 16.0. The van der Waals surface area contributed by atoms with Crippen LogP contribution in [-0.2, 0) is 0 Å². The average Bonchev–Trinajstić information content (AvgIpc) is 2.97. The molecule has 0 spiro atoms. The molecule has 2 aromatic heterocycles. The third kappa shape index (κ3) is 2.54. The molecule has 1 aliphatic heterocycles. The Labute approximate surface area is 151 Å². The lowest BCUT2D eigenvalue weighted by molar-refractivity contribution is 0.255. The van der Waals surface area contributed by atoms with Crippen LogP contribution in [0.15, 0.2) is 48.8 Å². The molecule has 0 saturated carbocycles. The number of fused-ring (bicyclic) bond motifs is 1. The Morgan fingerprint density at radius 1 is 1.15 bits per heavy atom. The number of nitrogens with zero attached hydrogens (tertiary/aromatic N) is 5. The first-order valence-corrected chi connectivity index (χ1v) is 8.37. The Hall–Kier alpha value is -3.46. The van der Waals surface area contributed by atoms with Gasteiger partial charge in [0.05, 0.1) is 24.5 Å². The van der Waals surface area contributed by atoms with Crippen molar-refractivity contribution in [3.05, 3.63) is 60.2 Å². The van der Waals surface area contributed by atoms with Crippen LogP contribution in [0.5, 0.6) is 0 Å². The summed E-state index contributed by atoms with van der Waals surface area (Å²) in [6, 6.07) is 12.9. The Morgan fingerprint density at radius 3 is 2.62 bits per heavy atom. The highest BCUT2D eigenvalue weighted by Crippen LogP contribution is 2.33. The lowest BCUT2D eigenvalue weighted by Gasteiger charge is -2.21. The summed E-state index contributed by atoms with van der Waals surface area (Å²) in [4.78, 5) is 25.0. The van der Waals surface area contributed by atoms with Gasteiger partial charge in [0.2, 0.25) is 0 Å². The van der Waals surface area contributed by atoms with E-state index in [1.54, 1.807) is 22.2 Å². The number of hydrogen-bond donors (Lipinski definition) is 0. The van der Waals surface area contributed by atoms with Crippen molar-refractivity contribution in [3.8, 4) is 6.07 Å². The summed E-state index contributed by atoms with van der Waals surface area (Å²) >= 11 is 0. The van der Waals surface area contributed by atoms with Crippen LogP contribution in [-0.4, -0.2) is 28.6 Å². The molecule has 1 saturated heterocycles. The molecule has 1 atom stereocenters. The van der Waals surface area contributed by atoms with Crippen molar-refractivity contribution >= 4 is 28.2 Å². The van der Waals surface area contributed by atoms with E-state index in [0.29, 0.717) is 12.2 Å². The Morgan fingerprint density at radius 2 is 1.88 bits per heavy atom. The summed E-state index contributed by atoms with van der Waals surface area (Å²) in [7, 11) is 0. The van der Waals surface area contributed by atoms with Gasteiger partial charge < -0.3 is 0 Å². The van der Waals surface area contributed by atoms with E-state index in [-0.39, 0.29) is 6.03 Å². The number of urea groups is 1. The number of benzene rings is 1. The molecule has 4 rings (SSSR count). The summed E-state index contributed by atoms with van der Waals surface area (Å²) in [6.45, 7) is 4.10. The van der Waals surface area contributed by atoms with Gasteiger partial charge in [-0.3, -0.25) is 19.8 Å². The quantitative estimate of drug-likeness (QED) is 0.713. The molecule has 26 heavy (non-hydrogen) atoms. The predicted octanol–water partition coefficient (Wildman–Crippen LogP) is 3.59. The number of nitriles is 1. The number of amides is 2. The van der Waals surface area contributed by atoms with E-state index < -0.39 is 6.04 Å². The number of carbonyl (C=O) groups is 1. The van der Waals surface area contributed by atoms with Crippen molar-refractivity contribution in [2.45, 2.75) is 19.9 Å². The molecular weight excluding hydrogens is 326 g/mol. The molecule has 1 unspecified atom stereocenters. The van der Waals surface area contributed by atoms with Gasteiger partial charge in [-0.15, -0.1) is 0 Å². The molecule has 6 nitrogen and oxygen atoms in total. The van der Waals surface area contributed by atoms with E-state index >= 15 is 0 Å². The zero-order valence-corrected chi connectivity index (χ0v) is 14.5. The summed E-state index contributed by atoms with van der Waals surface area (Å²) < 4.78 is 0. The molecule has 0 radical (unpaired) electrons. The fourth-order valence-corrected chi connectivity index (χ4v) is 3.44. The van der Waals surface area contributed by atoms with Gasteiger partial charge in [0.1, 0.15) is 6.04 Å². The highest BCUT2D eigenvalue weighted by molar-refractivity contribution is 6.11. The van der Waals surface area contributed by atoms with Gasteiger partial charge in [0, 0.05) is 34.0 Å². The predicted molar refractivity (Wildman–Crippen MR) is 100 cm³/mol. The van der Waals surface area contributed by atoms with Gasteiger partial charge in [-0.25, -0.2) is 4.79 Å². The maximum atomic E-state index is 13.2. The van der Waals surface area contributed by atoms with Gasteiger partial charge in [0.15, 0.2) is 0 Å². The molecule has 0 N–H and O–H groups in total. The minimum absolute atomic E-state index is 0.222. The van der Waals surface area contributed by atoms with Crippen LogP contribution in [0.1, 0.15) is 11.4 Å². The van der Waals surface area contributed by atoms with Crippen LogP contribution < -0.4 is 9.80 Å². The zero-order chi connectivity index (χ0) is 18.3. The smallest absolute Gasteiger partial charge is 0.291 e. The zero-order valence-electron chi connectivity index (χ0n) is 14.5. The van der Waals surface area contributed by atoms with Crippen LogP contribution in [0.25, 0.3) is 10.8 Å². The second kappa shape index (κ2) is 6.12. The second-order valence-corrected chi connectivity index (χ2v) is 6.40. The van der Waals surface area contributed by atoms with Crippen LogP contribution >= 0.6 is 0 Å². The van der Waals surface area contributed by atoms with E-state index in [2.05, 4.69) is 16.0 Å². The van der Waals surface area contributed by atoms with E-state index in [0.717, 1.165) is 27.8 Å². The number of pyridine rings is 2. The van der Waals surface area contributed by atoms with Gasteiger partial charge in [0.25, 0.3) is 0 Å². The Bertz CT molecular complexity index is 1030. The number of hydrogen-bond acceptors (Lipinski definition) is 4. The lowest BCUT2D eigenvalue weighted by atomic mass is 10.1. The van der Waals surface area contributed by atoms with E-state index in [1.165, 1.54) is 0 Å². The first-order valence-electron chi connectivity index (χ1n) is 8.37. The molecule has 1 fully saturated rings. The largest absolute Gasteiger partial charge is 0.330 e. The molecule has 128 valence electrons. The van der Waals surface area contributed by atoms with Gasteiger partial charge in [-0.1, -0.05) is 24.3 Å². The van der Waals surface area contributed by atoms with Crippen molar-refractivity contribution in [2.24, 2.45) is 0 Å². The maximum absolute atomic E-state index is 13.2. The van der Waals surface area contributed by atoms with Gasteiger partial charge in [-0.05, 0) is 26.0 Å². The van der Waals surface area contributed by atoms with Crippen molar-refractivity contribution in [3.63, 3.8) is 0 Å². The van der Waals surface area contributed by atoms with Crippen LogP contribution in [0, 0.1) is 25.2 Å². The maximum Gasteiger partial charge on any atom is 0.330 e. The average molecular weight is 343 g/mol. The van der Waals surface area contributed by atoms with Crippen molar-refractivity contribution in [1.82, 2.24) is 9.97 Å². The molecule has 1 aromatic carbocycles. The first-order chi connectivity index (χ1) is 12.6. The van der Waals surface area contributed by atoms with E-state index in [4.69, 9.17) is 0 Å². The highest BCUT2D eigenvalue weighted by Gasteiger charge is 2.40. The van der Waals surface area contributed by atoms with Crippen LogP contribution in [0.2, 0.25) is 0 Å². The number of rotatable bonds is 2. The second-order valence-electron chi connectivity index (χ2n) is 6.40. The lowest BCUT2D eigenvalue weighted by Crippen LogP contribution is -2.34. The number of anilines is 2. The normalized spacial score (nSPS) is 17.0. The highest BCUT2D eigenvalue weighted by atomic mass is 16.2. The van der Waals surface area contributed by atoms with Crippen molar-refractivity contribution in [2.75, 3.05) is 16.3 Å². The molecule has 1 aliphatic rings. The Kier molecular flexibility index (Phi) is 3.77.